The summed E-state index contributed by atoms with van der Waals surface area (Å²) in [5.74, 6) is 0.652. The zero-order chi connectivity index (χ0) is 15.2. The van der Waals surface area contributed by atoms with Gasteiger partial charge in [-0.25, -0.2) is 0 Å². The van der Waals surface area contributed by atoms with Gasteiger partial charge in [-0.15, -0.1) is 0 Å². The van der Waals surface area contributed by atoms with Gasteiger partial charge in [-0.2, -0.15) is 0 Å². The molecule has 0 aliphatic heterocycles. The molecule has 2 N–H and O–H groups in total. The standard InChI is InChI=1S/C16H17BrClNO2/c1-11-5-6-13(8-16(11)17)19-9-14(20)10-21-15-4-2-3-12(18)7-15/h2-8,14,19-20H,9-10H2,1H3. The van der Waals surface area contributed by atoms with Crippen molar-refractivity contribution in [3.05, 3.63) is 57.5 Å². The lowest BCUT2D eigenvalue weighted by molar-refractivity contribution is 0.117. The molecule has 0 heterocycles. The first-order chi connectivity index (χ1) is 10.0. The molecule has 0 aliphatic rings. The second-order valence-electron chi connectivity index (χ2n) is 4.77. The third-order valence-electron chi connectivity index (χ3n) is 2.95. The van der Waals surface area contributed by atoms with Crippen molar-refractivity contribution >= 4 is 33.2 Å². The maximum atomic E-state index is 9.93. The van der Waals surface area contributed by atoms with E-state index in [1.807, 2.05) is 37.3 Å². The Morgan fingerprint density at radius 2 is 2.10 bits per heavy atom. The summed E-state index contributed by atoms with van der Waals surface area (Å²) in [5.41, 5.74) is 2.12. The van der Waals surface area contributed by atoms with Gasteiger partial charge < -0.3 is 15.2 Å². The van der Waals surface area contributed by atoms with E-state index in [9.17, 15) is 5.11 Å². The Kier molecular flexibility index (Phi) is 5.91. The second kappa shape index (κ2) is 7.69. The van der Waals surface area contributed by atoms with Crippen molar-refractivity contribution in [2.45, 2.75) is 13.0 Å². The van der Waals surface area contributed by atoms with Crippen molar-refractivity contribution < 1.29 is 9.84 Å². The van der Waals surface area contributed by atoms with Crippen LogP contribution in [-0.4, -0.2) is 24.4 Å². The first kappa shape index (κ1) is 16.1. The molecule has 0 amide bonds. The smallest absolute Gasteiger partial charge is 0.120 e. The monoisotopic (exact) mass is 369 g/mol. The number of rotatable bonds is 6. The molecule has 1 unspecified atom stereocenters. The van der Waals surface area contributed by atoms with Crippen LogP contribution in [0.1, 0.15) is 5.56 Å². The number of aliphatic hydroxyl groups excluding tert-OH is 1. The summed E-state index contributed by atoms with van der Waals surface area (Å²) in [4.78, 5) is 0. The highest BCUT2D eigenvalue weighted by Crippen LogP contribution is 2.20. The van der Waals surface area contributed by atoms with Gasteiger partial charge in [0.05, 0.1) is 0 Å². The van der Waals surface area contributed by atoms with E-state index in [0.717, 1.165) is 10.2 Å². The number of nitrogens with one attached hydrogen (secondary N) is 1. The van der Waals surface area contributed by atoms with Crippen LogP contribution in [0.2, 0.25) is 5.02 Å². The fourth-order valence-electron chi connectivity index (χ4n) is 1.75. The Morgan fingerprint density at radius 3 is 2.81 bits per heavy atom. The minimum absolute atomic E-state index is 0.209. The molecule has 5 heteroatoms. The largest absolute Gasteiger partial charge is 0.491 e. The number of halogens is 2. The van der Waals surface area contributed by atoms with Gasteiger partial charge in [0.2, 0.25) is 0 Å². The molecule has 3 nitrogen and oxygen atoms in total. The Morgan fingerprint density at radius 1 is 1.29 bits per heavy atom. The van der Waals surface area contributed by atoms with Crippen molar-refractivity contribution in [2.75, 3.05) is 18.5 Å². The van der Waals surface area contributed by atoms with Gasteiger partial charge in [-0.05, 0) is 42.8 Å². The summed E-state index contributed by atoms with van der Waals surface area (Å²) < 4.78 is 6.54. The minimum atomic E-state index is -0.607. The van der Waals surface area contributed by atoms with E-state index >= 15 is 0 Å². The lowest BCUT2D eigenvalue weighted by Crippen LogP contribution is -2.26. The summed E-state index contributed by atoms with van der Waals surface area (Å²) in [7, 11) is 0. The average molecular weight is 371 g/mol. The van der Waals surface area contributed by atoms with E-state index in [4.69, 9.17) is 16.3 Å². The van der Waals surface area contributed by atoms with Crippen LogP contribution in [0.3, 0.4) is 0 Å². The maximum absolute atomic E-state index is 9.93. The molecule has 0 bridgehead atoms. The fourth-order valence-corrected chi connectivity index (χ4v) is 2.31. The summed E-state index contributed by atoms with van der Waals surface area (Å²) in [5, 5.41) is 13.7. The number of hydrogen-bond donors (Lipinski definition) is 2. The predicted octanol–water partition coefficient (Wildman–Crippen LogP) is 4.26. The molecule has 2 rings (SSSR count). The van der Waals surface area contributed by atoms with E-state index in [-0.39, 0.29) is 6.61 Å². The Bertz CT molecular complexity index is 607. The van der Waals surface area contributed by atoms with E-state index in [0.29, 0.717) is 17.3 Å². The number of hydrogen-bond acceptors (Lipinski definition) is 3. The topological polar surface area (TPSA) is 41.5 Å². The number of anilines is 1. The summed E-state index contributed by atoms with van der Waals surface area (Å²) in [6, 6.07) is 13.1. The van der Waals surface area contributed by atoms with Gasteiger partial charge in [0.1, 0.15) is 18.5 Å². The van der Waals surface area contributed by atoms with Gasteiger partial charge >= 0.3 is 0 Å². The normalized spacial score (nSPS) is 12.0. The highest BCUT2D eigenvalue weighted by atomic mass is 79.9. The van der Waals surface area contributed by atoms with E-state index < -0.39 is 6.10 Å². The number of aryl methyl sites for hydroxylation is 1. The molecule has 2 aromatic carbocycles. The lowest BCUT2D eigenvalue weighted by atomic mass is 10.2. The van der Waals surface area contributed by atoms with Gasteiger partial charge in [0.25, 0.3) is 0 Å². The second-order valence-corrected chi connectivity index (χ2v) is 6.06. The van der Waals surface area contributed by atoms with Crippen molar-refractivity contribution in [3.8, 4) is 5.75 Å². The predicted molar refractivity (Wildman–Crippen MR) is 90.3 cm³/mol. The van der Waals surface area contributed by atoms with Crippen molar-refractivity contribution in [2.24, 2.45) is 0 Å². The zero-order valence-corrected chi connectivity index (χ0v) is 14.0. The highest BCUT2D eigenvalue weighted by molar-refractivity contribution is 9.10. The molecule has 0 saturated carbocycles. The third-order valence-corrected chi connectivity index (χ3v) is 4.04. The molecular weight excluding hydrogens is 354 g/mol. The Balaban J connectivity index is 1.79. The van der Waals surface area contributed by atoms with E-state index in [1.54, 1.807) is 12.1 Å². The molecule has 0 aliphatic carbocycles. The molecule has 2 aromatic rings. The van der Waals surface area contributed by atoms with Crippen LogP contribution in [0.4, 0.5) is 5.69 Å². The number of benzene rings is 2. The van der Waals surface area contributed by atoms with Crippen LogP contribution >= 0.6 is 27.5 Å². The van der Waals surface area contributed by atoms with Crippen molar-refractivity contribution in [1.29, 1.82) is 0 Å². The van der Waals surface area contributed by atoms with Crippen LogP contribution in [0, 0.1) is 6.92 Å². The molecule has 21 heavy (non-hydrogen) atoms. The summed E-state index contributed by atoms with van der Waals surface area (Å²) in [6.07, 6.45) is -0.607. The van der Waals surface area contributed by atoms with Crippen LogP contribution in [0.5, 0.6) is 5.75 Å². The Labute approximate surface area is 138 Å². The summed E-state index contributed by atoms with van der Waals surface area (Å²) >= 11 is 9.35. The summed E-state index contributed by atoms with van der Waals surface area (Å²) in [6.45, 7) is 2.65. The third kappa shape index (κ3) is 5.23. The van der Waals surface area contributed by atoms with Gasteiger partial charge in [0.15, 0.2) is 0 Å². The average Bonchev–Trinajstić information content (AvgIpc) is 2.46. The fraction of sp³-hybridized carbons (Fsp3) is 0.250. The van der Waals surface area contributed by atoms with Crippen molar-refractivity contribution in [3.63, 3.8) is 0 Å². The van der Waals surface area contributed by atoms with E-state index in [1.165, 1.54) is 5.56 Å². The SMILES string of the molecule is Cc1ccc(NCC(O)COc2cccc(Cl)c2)cc1Br. The van der Waals surface area contributed by atoms with Gasteiger partial charge in [-0.3, -0.25) is 0 Å². The molecule has 0 radical (unpaired) electrons. The van der Waals surface area contributed by atoms with Gasteiger partial charge in [0, 0.05) is 21.7 Å². The zero-order valence-electron chi connectivity index (χ0n) is 11.6. The van der Waals surface area contributed by atoms with Crippen molar-refractivity contribution in [1.82, 2.24) is 0 Å². The first-order valence-electron chi connectivity index (χ1n) is 6.61. The molecule has 0 fully saturated rings. The van der Waals surface area contributed by atoms with Gasteiger partial charge in [-0.1, -0.05) is 39.7 Å². The number of aliphatic hydroxyl groups is 1. The quantitative estimate of drug-likeness (QED) is 0.798. The maximum Gasteiger partial charge on any atom is 0.120 e. The molecule has 1 atom stereocenters. The van der Waals surface area contributed by atoms with Crippen LogP contribution in [0.25, 0.3) is 0 Å². The lowest BCUT2D eigenvalue weighted by Gasteiger charge is -2.14. The minimum Gasteiger partial charge on any atom is -0.491 e. The van der Waals surface area contributed by atoms with Crippen LogP contribution < -0.4 is 10.1 Å². The molecule has 0 saturated heterocycles. The molecule has 0 spiro atoms. The van der Waals surface area contributed by atoms with E-state index in [2.05, 4.69) is 21.2 Å². The molecular formula is C16H17BrClNO2. The van der Waals surface area contributed by atoms with Crippen LogP contribution in [-0.2, 0) is 0 Å². The molecule has 0 aromatic heterocycles. The first-order valence-corrected chi connectivity index (χ1v) is 7.78. The van der Waals surface area contributed by atoms with Crippen LogP contribution in [0.15, 0.2) is 46.9 Å². The highest BCUT2D eigenvalue weighted by Gasteiger charge is 2.06. The number of ether oxygens (including phenoxy) is 1. The molecule has 112 valence electrons. The Hall–Kier alpha value is -1.23.